The maximum absolute atomic E-state index is 13.4. The van der Waals surface area contributed by atoms with Crippen LogP contribution in [0.4, 0.5) is 4.39 Å². The largest absolute Gasteiger partial charge is 0.310 e. The summed E-state index contributed by atoms with van der Waals surface area (Å²) < 4.78 is 13.4. The molecule has 0 radical (unpaired) electrons. The first-order valence-electron chi connectivity index (χ1n) is 6.22. The molecule has 1 aliphatic rings. The Kier molecular flexibility index (Phi) is 3.94. The fourth-order valence-corrected chi connectivity index (χ4v) is 2.52. The van der Waals surface area contributed by atoms with E-state index >= 15 is 0 Å². The second-order valence-electron chi connectivity index (χ2n) is 4.94. The molecule has 16 heavy (non-hydrogen) atoms. The number of halogens is 1. The van der Waals surface area contributed by atoms with Crippen LogP contribution >= 0.6 is 0 Å². The molecule has 2 unspecified atom stereocenters. The predicted molar refractivity (Wildman–Crippen MR) is 64.7 cm³/mol. The van der Waals surface area contributed by atoms with Crippen molar-refractivity contribution in [2.75, 3.05) is 0 Å². The second kappa shape index (κ2) is 5.44. The average molecular weight is 221 g/mol. The topological polar surface area (TPSA) is 12.0 Å². The Labute approximate surface area is 97.1 Å². The number of nitrogens with one attached hydrogen (secondary N) is 1. The zero-order valence-electron chi connectivity index (χ0n) is 9.88. The Morgan fingerprint density at radius 3 is 2.88 bits per heavy atom. The quantitative estimate of drug-likeness (QED) is 0.823. The molecule has 88 valence electrons. The van der Waals surface area contributed by atoms with Gasteiger partial charge in [0, 0.05) is 18.2 Å². The van der Waals surface area contributed by atoms with Gasteiger partial charge >= 0.3 is 0 Å². The maximum Gasteiger partial charge on any atom is 0.127 e. The van der Waals surface area contributed by atoms with Crippen molar-refractivity contribution in [1.82, 2.24) is 5.32 Å². The summed E-state index contributed by atoms with van der Waals surface area (Å²) in [6.45, 7) is 2.96. The zero-order chi connectivity index (χ0) is 11.4. The van der Waals surface area contributed by atoms with E-state index in [1.165, 1.54) is 31.7 Å². The van der Waals surface area contributed by atoms with Gasteiger partial charge in [-0.05, 0) is 24.8 Å². The number of rotatable bonds is 3. The normalized spacial score (nSPS) is 25.6. The molecule has 1 aromatic carbocycles. The highest BCUT2D eigenvalue weighted by molar-refractivity contribution is 5.17. The van der Waals surface area contributed by atoms with Gasteiger partial charge < -0.3 is 5.32 Å². The van der Waals surface area contributed by atoms with Crippen molar-refractivity contribution in [2.24, 2.45) is 5.92 Å². The molecule has 0 bridgehead atoms. The van der Waals surface area contributed by atoms with Crippen molar-refractivity contribution in [2.45, 2.75) is 45.2 Å². The van der Waals surface area contributed by atoms with Crippen LogP contribution < -0.4 is 5.32 Å². The Hall–Kier alpha value is -0.890. The highest BCUT2D eigenvalue weighted by Gasteiger charge is 2.18. The first-order chi connectivity index (χ1) is 7.75. The standard InChI is InChI=1S/C14H20FN/c1-11-5-4-7-13(9-11)16-10-12-6-2-3-8-14(12)15/h2-3,6,8,11,13,16H,4-5,7,9-10H2,1H3. The fraction of sp³-hybridized carbons (Fsp3) is 0.571. The molecule has 1 N–H and O–H groups in total. The average Bonchev–Trinajstić information content (AvgIpc) is 2.28. The van der Waals surface area contributed by atoms with Gasteiger partial charge in [-0.3, -0.25) is 0 Å². The third-order valence-electron chi connectivity index (χ3n) is 3.48. The molecule has 0 saturated heterocycles. The SMILES string of the molecule is CC1CCCC(NCc2ccccc2F)C1. The second-order valence-corrected chi connectivity index (χ2v) is 4.94. The van der Waals surface area contributed by atoms with Crippen molar-refractivity contribution in [1.29, 1.82) is 0 Å². The highest BCUT2D eigenvalue weighted by Crippen LogP contribution is 2.23. The lowest BCUT2D eigenvalue weighted by atomic mass is 9.87. The Bertz CT molecular complexity index is 337. The van der Waals surface area contributed by atoms with Crippen molar-refractivity contribution in [3.05, 3.63) is 35.6 Å². The van der Waals surface area contributed by atoms with Crippen LogP contribution in [0.25, 0.3) is 0 Å². The van der Waals surface area contributed by atoms with E-state index in [1.807, 2.05) is 12.1 Å². The maximum atomic E-state index is 13.4. The number of benzene rings is 1. The number of hydrogen-bond donors (Lipinski definition) is 1. The van der Waals surface area contributed by atoms with Crippen LogP contribution in [0.15, 0.2) is 24.3 Å². The summed E-state index contributed by atoms with van der Waals surface area (Å²) in [4.78, 5) is 0. The van der Waals surface area contributed by atoms with E-state index in [4.69, 9.17) is 0 Å². The van der Waals surface area contributed by atoms with Crippen molar-refractivity contribution in [3.8, 4) is 0 Å². The summed E-state index contributed by atoms with van der Waals surface area (Å²) >= 11 is 0. The van der Waals surface area contributed by atoms with Crippen molar-refractivity contribution in [3.63, 3.8) is 0 Å². The minimum absolute atomic E-state index is 0.0983. The molecule has 1 aliphatic carbocycles. The molecule has 2 rings (SSSR count). The van der Waals surface area contributed by atoms with Gasteiger partial charge in [-0.2, -0.15) is 0 Å². The Balaban J connectivity index is 1.85. The molecule has 0 heterocycles. The van der Waals surface area contributed by atoms with Gasteiger partial charge in [0.05, 0.1) is 0 Å². The summed E-state index contributed by atoms with van der Waals surface area (Å²) in [6.07, 6.45) is 5.11. The Morgan fingerprint density at radius 1 is 1.31 bits per heavy atom. The van der Waals surface area contributed by atoms with Gasteiger partial charge in [-0.15, -0.1) is 0 Å². The molecule has 1 fully saturated rings. The highest BCUT2D eigenvalue weighted by atomic mass is 19.1. The molecule has 0 aliphatic heterocycles. The number of hydrogen-bond acceptors (Lipinski definition) is 1. The third-order valence-corrected chi connectivity index (χ3v) is 3.48. The smallest absolute Gasteiger partial charge is 0.127 e. The van der Waals surface area contributed by atoms with Crippen LogP contribution in [-0.2, 0) is 6.54 Å². The molecule has 2 atom stereocenters. The van der Waals surface area contributed by atoms with E-state index in [2.05, 4.69) is 12.2 Å². The predicted octanol–water partition coefficient (Wildman–Crippen LogP) is 3.49. The van der Waals surface area contributed by atoms with Gasteiger partial charge in [0.1, 0.15) is 5.82 Å². The third kappa shape index (κ3) is 3.05. The molecule has 2 heteroatoms. The Morgan fingerprint density at radius 2 is 2.12 bits per heavy atom. The molecule has 0 spiro atoms. The van der Waals surface area contributed by atoms with Crippen LogP contribution in [0.3, 0.4) is 0 Å². The van der Waals surface area contributed by atoms with Crippen molar-refractivity contribution >= 4 is 0 Å². The van der Waals surface area contributed by atoms with Crippen LogP contribution in [-0.4, -0.2) is 6.04 Å². The van der Waals surface area contributed by atoms with E-state index in [1.54, 1.807) is 6.07 Å². The van der Waals surface area contributed by atoms with Gasteiger partial charge in [0.15, 0.2) is 0 Å². The molecule has 0 aromatic heterocycles. The minimum Gasteiger partial charge on any atom is -0.310 e. The molecule has 1 aromatic rings. The lowest BCUT2D eigenvalue weighted by Gasteiger charge is -2.27. The summed E-state index contributed by atoms with van der Waals surface area (Å²) in [7, 11) is 0. The van der Waals surface area contributed by atoms with Crippen LogP contribution in [0.2, 0.25) is 0 Å². The molecular formula is C14H20FN. The lowest BCUT2D eigenvalue weighted by molar-refractivity contribution is 0.299. The van der Waals surface area contributed by atoms with Gasteiger partial charge in [-0.25, -0.2) is 4.39 Å². The summed E-state index contributed by atoms with van der Waals surface area (Å²) in [5.74, 6) is 0.714. The molecular weight excluding hydrogens is 201 g/mol. The van der Waals surface area contributed by atoms with E-state index < -0.39 is 0 Å². The first kappa shape index (κ1) is 11.6. The zero-order valence-corrected chi connectivity index (χ0v) is 9.88. The van der Waals surface area contributed by atoms with Crippen LogP contribution in [0.5, 0.6) is 0 Å². The van der Waals surface area contributed by atoms with Crippen LogP contribution in [0.1, 0.15) is 38.2 Å². The minimum atomic E-state index is -0.0983. The molecule has 0 amide bonds. The summed E-state index contributed by atoms with van der Waals surface area (Å²) in [6, 6.07) is 7.59. The molecule has 1 nitrogen and oxygen atoms in total. The van der Waals surface area contributed by atoms with Crippen LogP contribution in [0, 0.1) is 11.7 Å². The van der Waals surface area contributed by atoms with E-state index in [0.717, 1.165) is 11.5 Å². The monoisotopic (exact) mass is 221 g/mol. The lowest BCUT2D eigenvalue weighted by Crippen LogP contribution is -2.33. The molecule has 1 saturated carbocycles. The van der Waals surface area contributed by atoms with E-state index in [0.29, 0.717) is 12.6 Å². The summed E-state index contributed by atoms with van der Waals surface area (Å²) in [5.41, 5.74) is 0.778. The van der Waals surface area contributed by atoms with Gasteiger partial charge in [-0.1, -0.05) is 38.0 Å². The van der Waals surface area contributed by atoms with E-state index in [-0.39, 0.29) is 5.82 Å². The van der Waals surface area contributed by atoms with Gasteiger partial charge in [0.2, 0.25) is 0 Å². The van der Waals surface area contributed by atoms with Gasteiger partial charge in [0.25, 0.3) is 0 Å². The van der Waals surface area contributed by atoms with E-state index in [9.17, 15) is 4.39 Å². The fourth-order valence-electron chi connectivity index (χ4n) is 2.52. The first-order valence-corrected chi connectivity index (χ1v) is 6.22. The van der Waals surface area contributed by atoms with Crippen molar-refractivity contribution < 1.29 is 4.39 Å². The summed E-state index contributed by atoms with van der Waals surface area (Å²) in [5, 5.41) is 3.47.